The highest BCUT2D eigenvalue weighted by molar-refractivity contribution is 9.11. The summed E-state index contributed by atoms with van der Waals surface area (Å²) in [5.41, 5.74) is 5.15. The maximum atomic E-state index is 10.9. The van der Waals surface area contributed by atoms with Crippen molar-refractivity contribution in [3.63, 3.8) is 0 Å². The number of nitrogens with one attached hydrogen (secondary N) is 1. The van der Waals surface area contributed by atoms with Crippen molar-refractivity contribution in [3.05, 3.63) is 31.2 Å². The highest BCUT2D eigenvalue weighted by Gasteiger charge is 2.29. The molecule has 25 heavy (non-hydrogen) atoms. The predicted octanol–water partition coefficient (Wildman–Crippen LogP) is 3.15. The van der Waals surface area contributed by atoms with E-state index in [0.29, 0.717) is 33.4 Å². The van der Waals surface area contributed by atoms with Gasteiger partial charge in [0.15, 0.2) is 5.75 Å². The minimum atomic E-state index is 0.148. The van der Waals surface area contributed by atoms with Gasteiger partial charge in [-0.1, -0.05) is 0 Å². The lowest BCUT2D eigenvalue weighted by molar-refractivity contribution is 0.468. The molecular weight excluding hydrogens is 450 g/mol. The molecule has 3 heterocycles. The topological polar surface area (TPSA) is 77.2 Å². The van der Waals surface area contributed by atoms with Gasteiger partial charge in [-0.25, -0.2) is 0 Å². The van der Waals surface area contributed by atoms with Crippen molar-refractivity contribution < 1.29 is 10.2 Å². The average Bonchev–Trinajstić information content (AvgIpc) is 2.94. The summed E-state index contributed by atoms with van der Waals surface area (Å²) in [5.74, 6) is 0.300. The molecule has 0 aliphatic carbocycles. The third-order valence-corrected chi connectivity index (χ3v) is 6.34. The van der Waals surface area contributed by atoms with Gasteiger partial charge >= 0.3 is 0 Å². The molecule has 0 radical (unpaired) electrons. The number of phenols is 2. The van der Waals surface area contributed by atoms with E-state index >= 15 is 0 Å². The molecule has 0 aromatic heterocycles. The van der Waals surface area contributed by atoms with Gasteiger partial charge in [-0.2, -0.15) is 0 Å². The summed E-state index contributed by atoms with van der Waals surface area (Å²) in [5, 5.41) is 26.4. The summed E-state index contributed by atoms with van der Waals surface area (Å²) in [7, 11) is 0. The van der Waals surface area contributed by atoms with E-state index in [9.17, 15) is 10.2 Å². The molecule has 126 valence electrons. The number of phenolic OH excluding ortho intramolecular Hbond substituents is 2. The Morgan fingerprint density at radius 1 is 1.08 bits per heavy atom. The summed E-state index contributed by atoms with van der Waals surface area (Å²) < 4.78 is 1.26. The van der Waals surface area contributed by atoms with Crippen LogP contribution >= 0.6 is 31.9 Å². The van der Waals surface area contributed by atoms with Gasteiger partial charge < -0.3 is 15.5 Å². The number of fused-ring (bicyclic) bond motifs is 4. The van der Waals surface area contributed by atoms with E-state index < -0.39 is 0 Å². The first-order chi connectivity index (χ1) is 12.1. The Bertz CT molecular complexity index is 1120. The molecule has 3 aliphatic heterocycles. The van der Waals surface area contributed by atoms with E-state index in [1.54, 1.807) is 0 Å². The van der Waals surface area contributed by atoms with Crippen molar-refractivity contribution in [1.29, 1.82) is 0 Å². The average molecular weight is 463 g/mol. The molecule has 3 aliphatic rings. The summed E-state index contributed by atoms with van der Waals surface area (Å²) in [6, 6.07) is 1.94. The zero-order valence-electron chi connectivity index (χ0n) is 13.0. The number of rotatable bonds is 0. The van der Waals surface area contributed by atoms with Crippen LogP contribution in [0.1, 0.15) is 12.0 Å². The Balaban J connectivity index is 2.02. The zero-order valence-corrected chi connectivity index (χ0v) is 16.2. The summed E-state index contributed by atoms with van der Waals surface area (Å²) in [6.45, 7) is 1.37. The van der Waals surface area contributed by atoms with Crippen LogP contribution in [0.4, 0.5) is 11.4 Å². The lowest BCUT2D eigenvalue weighted by atomic mass is 9.93. The minimum Gasteiger partial charge on any atom is -0.506 e. The number of aliphatic imine (C=N–C) groups is 1. The van der Waals surface area contributed by atoms with Gasteiger partial charge in [0.25, 0.3) is 0 Å². The van der Waals surface area contributed by atoms with E-state index in [1.807, 2.05) is 12.3 Å². The molecular formula is C18H13Br2N3O2. The maximum absolute atomic E-state index is 10.9. The third kappa shape index (κ3) is 1.99. The van der Waals surface area contributed by atoms with E-state index in [0.717, 1.165) is 45.7 Å². The quantitative estimate of drug-likeness (QED) is 0.526. The molecule has 0 fully saturated rings. The molecule has 0 atom stereocenters. The van der Waals surface area contributed by atoms with Crippen molar-refractivity contribution in [2.24, 2.45) is 9.98 Å². The lowest BCUT2D eigenvalue weighted by Crippen LogP contribution is -2.33. The fourth-order valence-corrected chi connectivity index (χ4v) is 5.25. The van der Waals surface area contributed by atoms with Crippen molar-refractivity contribution in [2.45, 2.75) is 12.8 Å². The number of hydrogen-bond donors (Lipinski definition) is 3. The smallest absolute Gasteiger partial charge is 0.166 e. The molecule has 5 rings (SSSR count). The summed E-state index contributed by atoms with van der Waals surface area (Å²) in [4.78, 5) is 9.19. The molecule has 0 amide bonds. The molecule has 0 spiro atoms. The Kier molecular flexibility index (Phi) is 3.27. The van der Waals surface area contributed by atoms with Crippen LogP contribution in [0.2, 0.25) is 0 Å². The first-order valence-corrected chi connectivity index (χ1v) is 9.61. The van der Waals surface area contributed by atoms with E-state index in [-0.39, 0.29) is 11.5 Å². The predicted molar refractivity (Wildman–Crippen MR) is 105 cm³/mol. The van der Waals surface area contributed by atoms with Crippen LogP contribution < -0.4 is 15.9 Å². The molecule has 3 N–H and O–H groups in total. The Labute approximate surface area is 160 Å². The molecule has 0 bridgehead atoms. The van der Waals surface area contributed by atoms with Crippen LogP contribution in [0, 0.1) is 0 Å². The first-order valence-electron chi connectivity index (χ1n) is 8.02. The van der Waals surface area contributed by atoms with Crippen LogP contribution in [0.15, 0.2) is 25.0 Å². The molecule has 7 heteroatoms. The molecule has 2 aromatic carbocycles. The van der Waals surface area contributed by atoms with Crippen LogP contribution in [0.25, 0.3) is 16.7 Å². The zero-order chi connectivity index (χ0) is 17.3. The molecule has 0 saturated heterocycles. The SMILES string of the molecule is Oc1c(Br)cc2c(c1Br)-c1c(c(O)c3c4c1=NCCC=4C=N3)NCC2. The van der Waals surface area contributed by atoms with Gasteiger partial charge in [0.2, 0.25) is 0 Å². The van der Waals surface area contributed by atoms with Crippen molar-refractivity contribution in [2.75, 3.05) is 18.4 Å². The normalized spacial score (nSPS) is 16.5. The van der Waals surface area contributed by atoms with Crippen LogP contribution in [0.3, 0.4) is 0 Å². The van der Waals surface area contributed by atoms with Gasteiger partial charge in [-0.05, 0) is 61.9 Å². The Morgan fingerprint density at radius 3 is 2.76 bits per heavy atom. The number of hydrogen-bond acceptors (Lipinski definition) is 5. The van der Waals surface area contributed by atoms with Gasteiger partial charge in [0, 0.05) is 35.6 Å². The summed E-state index contributed by atoms with van der Waals surface area (Å²) in [6.07, 6.45) is 3.43. The molecule has 0 unspecified atom stereocenters. The Morgan fingerprint density at radius 2 is 1.92 bits per heavy atom. The van der Waals surface area contributed by atoms with Crippen molar-refractivity contribution >= 4 is 55.0 Å². The van der Waals surface area contributed by atoms with Gasteiger partial charge in [0.1, 0.15) is 11.4 Å². The highest BCUT2D eigenvalue weighted by Crippen LogP contribution is 2.48. The van der Waals surface area contributed by atoms with Gasteiger partial charge in [0.05, 0.1) is 20.0 Å². The van der Waals surface area contributed by atoms with Gasteiger partial charge in [-0.3, -0.25) is 9.98 Å². The lowest BCUT2D eigenvalue weighted by Gasteiger charge is -2.18. The maximum Gasteiger partial charge on any atom is 0.166 e. The second-order valence-electron chi connectivity index (χ2n) is 6.32. The Hall–Kier alpha value is -1.86. The number of halogens is 2. The van der Waals surface area contributed by atoms with Crippen molar-refractivity contribution in [3.8, 4) is 22.6 Å². The first kappa shape index (κ1) is 15.4. The van der Waals surface area contributed by atoms with E-state index in [4.69, 9.17) is 4.99 Å². The number of aromatic hydroxyl groups is 2. The van der Waals surface area contributed by atoms with Crippen LogP contribution in [-0.4, -0.2) is 29.5 Å². The number of anilines is 1. The van der Waals surface area contributed by atoms with Crippen LogP contribution in [0.5, 0.6) is 11.5 Å². The highest BCUT2D eigenvalue weighted by atomic mass is 79.9. The number of benzene rings is 2. The third-order valence-electron chi connectivity index (χ3n) is 4.96. The van der Waals surface area contributed by atoms with Crippen molar-refractivity contribution in [1.82, 2.24) is 0 Å². The molecule has 2 aromatic rings. The summed E-state index contributed by atoms with van der Waals surface area (Å²) >= 11 is 6.97. The van der Waals surface area contributed by atoms with E-state index in [1.165, 1.54) is 0 Å². The fraction of sp³-hybridized carbons (Fsp3) is 0.222. The fourth-order valence-electron chi connectivity index (χ4n) is 3.85. The minimum absolute atomic E-state index is 0.148. The molecule has 5 nitrogen and oxygen atoms in total. The van der Waals surface area contributed by atoms with E-state index in [2.05, 4.69) is 42.2 Å². The number of nitrogens with zero attached hydrogens (tertiary/aromatic N) is 2. The second-order valence-corrected chi connectivity index (χ2v) is 7.97. The second kappa shape index (κ2) is 5.32. The van der Waals surface area contributed by atoms with Gasteiger partial charge in [-0.15, -0.1) is 0 Å². The molecule has 0 saturated carbocycles. The monoisotopic (exact) mass is 461 g/mol. The largest absolute Gasteiger partial charge is 0.506 e. The standard InChI is InChI=1S/C18H13Br2N3O2/c19-9-5-7-1-3-22-16-12(10(7)13(20)17(9)24)14-11-8(2-4-21-14)6-23-15(11)18(16)25/h5-6,22,24-25H,1-4H2. The van der Waals surface area contributed by atoms with Crippen LogP contribution in [-0.2, 0) is 6.42 Å².